The van der Waals surface area contributed by atoms with E-state index in [1.54, 1.807) is 30.7 Å². The lowest BCUT2D eigenvalue weighted by Gasteiger charge is -2.45. The van der Waals surface area contributed by atoms with E-state index in [2.05, 4.69) is 27.0 Å². The van der Waals surface area contributed by atoms with Crippen LogP contribution in [0.2, 0.25) is 0 Å². The molecule has 1 fully saturated rings. The summed E-state index contributed by atoms with van der Waals surface area (Å²) in [7, 11) is 3.72. The normalized spacial score (nSPS) is 14.7. The second-order valence-corrected chi connectivity index (χ2v) is 6.81. The molecular formula is C16H17N5O2S. The fraction of sp³-hybridized carbons (Fsp3) is 0.312. The Kier molecular flexibility index (Phi) is 3.61. The summed E-state index contributed by atoms with van der Waals surface area (Å²) >= 11 is 1.68. The van der Waals surface area contributed by atoms with Crippen molar-refractivity contribution in [2.24, 2.45) is 0 Å². The lowest BCUT2D eigenvalue weighted by molar-refractivity contribution is 0.415. The van der Waals surface area contributed by atoms with Gasteiger partial charge in [0.1, 0.15) is 5.75 Å². The molecule has 2 aromatic heterocycles. The highest BCUT2D eigenvalue weighted by atomic mass is 32.1. The van der Waals surface area contributed by atoms with Crippen molar-refractivity contribution in [3.05, 3.63) is 40.8 Å². The first-order chi connectivity index (χ1) is 11.6. The number of anilines is 2. The van der Waals surface area contributed by atoms with E-state index in [4.69, 9.17) is 9.72 Å². The van der Waals surface area contributed by atoms with Crippen molar-refractivity contribution in [1.82, 2.24) is 15.2 Å². The Hall–Kier alpha value is -2.61. The minimum atomic E-state index is -0.176. The molecule has 8 heteroatoms. The Morgan fingerprint density at radius 1 is 1.38 bits per heavy atom. The average molecular weight is 343 g/mol. The molecule has 24 heavy (non-hydrogen) atoms. The fourth-order valence-electron chi connectivity index (χ4n) is 2.78. The van der Waals surface area contributed by atoms with Crippen LogP contribution in [0.1, 0.15) is 0 Å². The van der Waals surface area contributed by atoms with Crippen molar-refractivity contribution in [3.8, 4) is 5.75 Å². The van der Waals surface area contributed by atoms with Crippen LogP contribution in [0.3, 0.4) is 0 Å². The van der Waals surface area contributed by atoms with Gasteiger partial charge in [-0.05, 0) is 12.1 Å². The van der Waals surface area contributed by atoms with E-state index >= 15 is 0 Å². The highest BCUT2D eigenvalue weighted by molar-refractivity contribution is 7.22. The van der Waals surface area contributed by atoms with Crippen LogP contribution in [0.5, 0.6) is 5.75 Å². The topological polar surface area (TPSA) is 74.3 Å². The van der Waals surface area contributed by atoms with Gasteiger partial charge in [0.15, 0.2) is 5.13 Å². The highest BCUT2D eigenvalue weighted by Gasteiger charge is 2.32. The van der Waals surface area contributed by atoms with Gasteiger partial charge in [0.2, 0.25) is 0 Å². The number of aromatic nitrogens is 3. The van der Waals surface area contributed by atoms with Crippen LogP contribution in [-0.2, 0) is 0 Å². The number of H-pyrrole nitrogens is 1. The number of aromatic amines is 1. The molecule has 3 aromatic rings. The molecule has 0 aliphatic carbocycles. The Labute approximate surface area is 142 Å². The Bertz CT molecular complexity index is 931. The summed E-state index contributed by atoms with van der Waals surface area (Å²) in [6, 6.07) is 7.89. The number of thiazole rings is 1. The maximum atomic E-state index is 11.3. The van der Waals surface area contributed by atoms with Crippen molar-refractivity contribution in [3.63, 3.8) is 0 Å². The number of rotatable bonds is 4. The SMILES string of the molecule is COc1ccc2sc(N(C)C3CN(c4cn[nH]c(=O)c4)C3)nc2c1. The molecule has 0 saturated carbocycles. The first-order valence-electron chi connectivity index (χ1n) is 7.61. The molecule has 1 aliphatic heterocycles. The third-order valence-corrected chi connectivity index (χ3v) is 5.44. The molecule has 3 heterocycles. The van der Waals surface area contributed by atoms with Gasteiger partial charge in [-0.1, -0.05) is 11.3 Å². The van der Waals surface area contributed by atoms with Crippen molar-refractivity contribution in [1.29, 1.82) is 0 Å². The number of benzene rings is 1. The summed E-state index contributed by atoms with van der Waals surface area (Å²) in [5.74, 6) is 0.818. The molecule has 124 valence electrons. The van der Waals surface area contributed by atoms with Gasteiger partial charge in [-0.2, -0.15) is 5.10 Å². The van der Waals surface area contributed by atoms with Crippen LogP contribution in [-0.4, -0.2) is 48.5 Å². The van der Waals surface area contributed by atoms with Crippen LogP contribution in [0, 0.1) is 0 Å². The average Bonchev–Trinajstić information content (AvgIpc) is 2.96. The summed E-state index contributed by atoms with van der Waals surface area (Å²) in [5.41, 5.74) is 1.64. The van der Waals surface area contributed by atoms with Crippen molar-refractivity contribution in [2.45, 2.75) is 6.04 Å². The van der Waals surface area contributed by atoms with Gasteiger partial charge in [-0.25, -0.2) is 10.1 Å². The maximum absolute atomic E-state index is 11.3. The molecule has 1 N–H and O–H groups in total. The first kappa shape index (κ1) is 14.9. The van der Waals surface area contributed by atoms with Crippen LogP contribution in [0.25, 0.3) is 10.2 Å². The zero-order chi connectivity index (χ0) is 16.7. The second kappa shape index (κ2) is 5.79. The quantitative estimate of drug-likeness (QED) is 0.777. The largest absolute Gasteiger partial charge is 0.497 e. The van der Waals surface area contributed by atoms with Gasteiger partial charge in [0.25, 0.3) is 5.56 Å². The predicted octanol–water partition coefficient (Wildman–Crippen LogP) is 1.71. The molecule has 0 bridgehead atoms. The number of nitrogens with zero attached hydrogens (tertiary/aromatic N) is 4. The van der Waals surface area contributed by atoms with Crippen molar-refractivity contribution in [2.75, 3.05) is 37.0 Å². The van der Waals surface area contributed by atoms with Gasteiger partial charge in [-0.3, -0.25) is 4.79 Å². The Balaban J connectivity index is 1.49. The van der Waals surface area contributed by atoms with Crippen LogP contribution >= 0.6 is 11.3 Å². The summed E-state index contributed by atoms with van der Waals surface area (Å²) in [4.78, 5) is 20.4. The zero-order valence-electron chi connectivity index (χ0n) is 13.4. The number of nitrogens with one attached hydrogen (secondary N) is 1. The molecule has 1 saturated heterocycles. The molecule has 1 aliphatic rings. The maximum Gasteiger partial charge on any atom is 0.266 e. The Morgan fingerprint density at radius 3 is 2.96 bits per heavy atom. The standard InChI is InChI=1S/C16H17N5O2S/c1-20(11-8-21(9-11)10-5-15(22)19-17-7-10)16-18-13-6-12(23-2)3-4-14(13)24-16/h3-7,11H,8-9H2,1-2H3,(H,19,22). The zero-order valence-corrected chi connectivity index (χ0v) is 14.2. The number of ether oxygens (including phenoxy) is 1. The summed E-state index contributed by atoms with van der Waals surface area (Å²) in [6.45, 7) is 1.70. The second-order valence-electron chi connectivity index (χ2n) is 5.80. The lowest BCUT2D eigenvalue weighted by atomic mass is 10.1. The summed E-state index contributed by atoms with van der Waals surface area (Å²) in [6.07, 6.45) is 1.68. The van der Waals surface area contributed by atoms with Crippen molar-refractivity contribution < 1.29 is 4.74 Å². The third-order valence-electron chi connectivity index (χ3n) is 4.31. The molecule has 7 nitrogen and oxygen atoms in total. The monoisotopic (exact) mass is 343 g/mol. The number of hydrogen-bond acceptors (Lipinski definition) is 7. The Morgan fingerprint density at radius 2 is 2.21 bits per heavy atom. The fourth-order valence-corrected chi connectivity index (χ4v) is 3.76. The molecule has 0 atom stereocenters. The van der Waals surface area contributed by atoms with E-state index in [1.165, 1.54) is 0 Å². The van der Waals surface area contributed by atoms with E-state index < -0.39 is 0 Å². The molecule has 0 spiro atoms. The number of fused-ring (bicyclic) bond motifs is 1. The molecule has 0 unspecified atom stereocenters. The first-order valence-corrected chi connectivity index (χ1v) is 8.43. The summed E-state index contributed by atoms with van der Waals surface area (Å²) < 4.78 is 6.40. The smallest absolute Gasteiger partial charge is 0.266 e. The van der Waals surface area contributed by atoms with E-state index in [0.29, 0.717) is 6.04 Å². The molecular weight excluding hydrogens is 326 g/mol. The minimum absolute atomic E-state index is 0.176. The van der Waals surface area contributed by atoms with Gasteiger partial charge < -0.3 is 14.5 Å². The number of methoxy groups -OCH3 is 1. The molecule has 4 rings (SSSR count). The highest BCUT2D eigenvalue weighted by Crippen LogP contribution is 2.33. The molecule has 1 aromatic carbocycles. The summed E-state index contributed by atoms with van der Waals surface area (Å²) in [5, 5.41) is 7.24. The van der Waals surface area contributed by atoms with E-state index in [0.717, 1.165) is 39.9 Å². The minimum Gasteiger partial charge on any atom is -0.497 e. The van der Waals surface area contributed by atoms with E-state index in [9.17, 15) is 4.79 Å². The number of hydrogen-bond donors (Lipinski definition) is 1. The van der Waals surface area contributed by atoms with Gasteiger partial charge in [0, 0.05) is 32.3 Å². The van der Waals surface area contributed by atoms with E-state index in [-0.39, 0.29) is 5.56 Å². The van der Waals surface area contributed by atoms with Gasteiger partial charge in [-0.15, -0.1) is 0 Å². The lowest BCUT2D eigenvalue weighted by Crippen LogP contribution is -2.59. The molecule has 0 radical (unpaired) electrons. The number of likely N-dealkylation sites (N-methyl/N-ethyl adjacent to an activating group) is 1. The molecule has 0 amide bonds. The van der Waals surface area contributed by atoms with Gasteiger partial charge >= 0.3 is 0 Å². The van der Waals surface area contributed by atoms with Crippen molar-refractivity contribution >= 4 is 32.4 Å². The van der Waals surface area contributed by atoms with Crippen LogP contribution < -0.4 is 20.1 Å². The predicted molar refractivity (Wildman–Crippen MR) is 95.4 cm³/mol. The van der Waals surface area contributed by atoms with Crippen LogP contribution in [0.4, 0.5) is 10.8 Å². The third kappa shape index (κ3) is 2.58. The van der Waals surface area contributed by atoms with E-state index in [1.807, 2.05) is 18.2 Å². The van der Waals surface area contributed by atoms with Crippen LogP contribution in [0.15, 0.2) is 35.3 Å². The van der Waals surface area contributed by atoms with Gasteiger partial charge in [0.05, 0.1) is 35.3 Å².